The SMILES string of the molecule is C#CCSc1c(SC)c[nH+]c2ccccc12.O=C([O-])C(Cl)(Cl)Cl. The predicted molar refractivity (Wildman–Crippen MR) is 97.1 cm³/mol. The highest BCUT2D eigenvalue weighted by atomic mass is 35.6. The van der Waals surface area contributed by atoms with Gasteiger partial charge in [-0.05, 0) is 12.3 Å². The average molecular weight is 409 g/mol. The summed E-state index contributed by atoms with van der Waals surface area (Å²) in [5.74, 6) is 1.67. The van der Waals surface area contributed by atoms with E-state index in [1.165, 1.54) is 15.2 Å². The van der Waals surface area contributed by atoms with Crippen molar-refractivity contribution in [2.75, 3.05) is 12.0 Å². The van der Waals surface area contributed by atoms with Crippen molar-refractivity contribution in [1.29, 1.82) is 0 Å². The quantitative estimate of drug-likeness (QED) is 0.444. The Hall–Kier alpha value is -0.770. The van der Waals surface area contributed by atoms with Gasteiger partial charge in [0.25, 0.3) is 0 Å². The highest BCUT2D eigenvalue weighted by molar-refractivity contribution is 8.02. The van der Waals surface area contributed by atoms with Gasteiger partial charge in [0, 0.05) is 11.0 Å². The second-order valence-electron chi connectivity index (χ2n) is 4.01. The van der Waals surface area contributed by atoms with Crippen LogP contribution in [0.3, 0.4) is 0 Å². The van der Waals surface area contributed by atoms with Crippen LogP contribution < -0.4 is 10.1 Å². The van der Waals surface area contributed by atoms with Crippen molar-refractivity contribution in [2.45, 2.75) is 13.6 Å². The number of carboxylic acid groups (broad SMARTS) is 1. The molecule has 1 aromatic heterocycles. The lowest BCUT2D eigenvalue weighted by Crippen LogP contribution is -2.35. The first kappa shape index (κ1) is 20.3. The summed E-state index contributed by atoms with van der Waals surface area (Å²) in [5.41, 5.74) is 1.15. The number of carboxylic acids is 1. The van der Waals surface area contributed by atoms with Crippen molar-refractivity contribution in [1.82, 2.24) is 0 Å². The summed E-state index contributed by atoms with van der Waals surface area (Å²) in [4.78, 5) is 15.3. The van der Waals surface area contributed by atoms with Crippen molar-refractivity contribution in [2.24, 2.45) is 0 Å². The third-order valence-electron chi connectivity index (χ3n) is 2.51. The molecule has 8 heteroatoms. The Balaban J connectivity index is 0.000000322. The summed E-state index contributed by atoms with van der Waals surface area (Å²) < 4.78 is -2.28. The molecule has 1 heterocycles. The molecule has 2 aromatic rings. The number of terminal acetylenes is 1. The second kappa shape index (κ2) is 9.51. The topological polar surface area (TPSA) is 54.3 Å². The summed E-state index contributed by atoms with van der Waals surface area (Å²) in [6, 6.07) is 8.30. The highest BCUT2D eigenvalue weighted by Crippen LogP contribution is 2.33. The average Bonchev–Trinajstić information content (AvgIpc) is 2.52. The lowest BCUT2D eigenvalue weighted by molar-refractivity contribution is -0.348. The zero-order valence-corrected chi connectivity index (χ0v) is 15.8. The standard InChI is InChI=1S/C13H11NS2.C2HCl3O2/c1-3-8-16-13-10-6-4-5-7-11(10)14-9-12(13)15-2;3-2(4,5)1(6)7/h1,4-7,9H,8H2,2H3;(H,6,7). The number of hydrogen-bond donors (Lipinski definition) is 0. The van der Waals surface area contributed by atoms with Crippen LogP contribution in [-0.2, 0) is 4.79 Å². The number of pyridine rings is 1. The molecule has 23 heavy (non-hydrogen) atoms. The number of carbonyl (C=O) groups is 1. The van der Waals surface area contributed by atoms with Crippen molar-refractivity contribution in [3.05, 3.63) is 30.5 Å². The fraction of sp³-hybridized carbons (Fsp3) is 0.200. The maximum atomic E-state index is 9.51. The van der Waals surface area contributed by atoms with Crippen LogP contribution in [0.1, 0.15) is 0 Å². The van der Waals surface area contributed by atoms with Crippen LogP contribution in [0, 0.1) is 12.3 Å². The number of benzene rings is 1. The first-order valence-corrected chi connectivity index (χ1v) is 9.47. The Morgan fingerprint density at radius 1 is 1.39 bits per heavy atom. The normalized spacial score (nSPS) is 10.6. The van der Waals surface area contributed by atoms with Crippen LogP contribution >= 0.6 is 58.3 Å². The minimum absolute atomic E-state index is 0.710. The van der Waals surface area contributed by atoms with Crippen LogP contribution in [0.4, 0.5) is 0 Å². The largest absolute Gasteiger partial charge is 0.545 e. The number of fused-ring (bicyclic) bond motifs is 1. The van der Waals surface area contributed by atoms with Crippen LogP contribution in [0.5, 0.6) is 0 Å². The zero-order valence-electron chi connectivity index (χ0n) is 11.9. The Kier molecular flexibility index (Phi) is 8.38. The predicted octanol–water partition coefficient (Wildman–Crippen LogP) is 3.21. The molecular formula is C15H12Cl3NO2S2. The molecule has 0 unspecified atom stereocenters. The summed E-state index contributed by atoms with van der Waals surface area (Å²) in [5, 5.41) is 10.8. The van der Waals surface area contributed by atoms with E-state index in [-0.39, 0.29) is 0 Å². The second-order valence-corrected chi connectivity index (χ2v) is 8.12. The van der Waals surface area contributed by atoms with Gasteiger partial charge in [0.1, 0.15) is 0 Å². The van der Waals surface area contributed by atoms with Gasteiger partial charge in [0.05, 0.1) is 22.0 Å². The number of hydrogen-bond acceptors (Lipinski definition) is 4. The minimum atomic E-state index is -2.28. The van der Waals surface area contributed by atoms with E-state index in [9.17, 15) is 9.90 Å². The monoisotopic (exact) mass is 407 g/mol. The maximum Gasteiger partial charge on any atom is 0.230 e. The molecule has 0 aliphatic rings. The number of alkyl halides is 3. The van der Waals surface area contributed by atoms with E-state index < -0.39 is 9.76 Å². The summed E-state index contributed by atoms with van der Waals surface area (Å²) in [6.45, 7) is 0. The number of halogens is 3. The van der Waals surface area contributed by atoms with Gasteiger partial charge in [-0.3, -0.25) is 0 Å². The molecule has 0 amide bonds. The molecule has 122 valence electrons. The minimum Gasteiger partial charge on any atom is -0.545 e. The molecule has 2 rings (SSSR count). The van der Waals surface area contributed by atoms with E-state index in [0.717, 1.165) is 5.52 Å². The molecule has 1 N–H and O–H groups in total. The number of carbonyl (C=O) groups excluding carboxylic acids is 1. The van der Waals surface area contributed by atoms with Gasteiger partial charge in [0.2, 0.25) is 9.31 Å². The van der Waals surface area contributed by atoms with Gasteiger partial charge in [-0.1, -0.05) is 52.9 Å². The molecule has 0 aliphatic heterocycles. The van der Waals surface area contributed by atoms with E-state index in [1.807, 2.05) is 12.3 Å². The number of aromatic nitrogens is 1. The molecule has 0 bridgehead atoms. The summed E-state index contributed by atoms with van der Waals surface area (Å²) >= 11 is 17.7. The molecule has 0 atom stereocenters. The van der Waals surface area contributed by atoms with Crippen molar-refractivity contribution < 1.29 is 14.9 Å². The van der Waals surface area contributed by atoms with E-state index in [2.05, 4.69) is 35.4 Å². The van der Waals surface area contributed by atoms with Crippen LogP contribution in [0.2, 0.25) is 0 Å². The molecule has 0 fully saturated rings. The van der Waals surface area contributed by atoms with Crippen molar-refractivity contribution in [3.8, 4) is 12.3 Å². The Morgan fingerprint density at radius 3 is 2.52 bits per heavy atom. The van der Waals surface area contributed by atoms with Gasteiger partial charge < -0.3 is 9.90 Å². The lowest BCUT2D eigenvalue weighted by Gasteiger charge is -2.09. The van der Waals surface area contributed by atoms with Crippen molar-refractivity contribution >= 4 is 75.2 Å². The molecule has 0 radical (unpaired) electrons. The first-order chi connectivity index (χ1) is 10.8. The summed E-state index contributed by atoms with van der Waals surface area (Å²) in [7, 11) is 0. The molecule has 0 saturated carbocycles. The van der Waals surface area contributed by atoms with Gasteiger partial charge in [-0.25, -0.2) is 4.98 Å². The third-order valence-corrected chi connectivity index (χ3v) is 4.90. The number of thioether (sulfide) groups is 2. The van der Waals surface area contributed by atoms with Gasteiger partial charge in [-0.15, -0.1) is 29.9 Å². The third kappa shape index (κ3) is 6.33. The number of aliphatic carboxylic acids is 1. The van der Waals surface area contributed by atoms with E-state index >= 15 is 0 Å². The molecule has 1 aromatic carbocycles. The number of nitrogens with one attached hydrogen (secondary N) is 1. The highest BCUT2D eigenvalue weighted by Gasteiger charge is 2.20. The number of rotatable bonds is 3. The van der Waals surface area contributed by atoms with Crippen LogP contribution in [0.25, 0.3) is 10.9 Å². The molecule has 0 aliphatic carbocycles. The number of para-hydroxylation sites is 1. The fourth-order valence-corrected chi connectivity index (χ4v) is 3.22. The van der Waals surface area contributed by atoms with Gasteiger partial charge >= 0.3 is 0 Å². The van der Waals surface area contributed by atoms with Crippen LogP contribution in [-0.4, -0.2) is 21.8 Å². The smallest absolute Gasteiger partial charge is 0.230 e. The van der Waals surface area contributed by atoms with E-state index in [1.54, 1.807) is 23.5 Å². The maximum absolute atomic E-state index is 9.51. The van der Waals surface area contributed by atoms with Crippen molar-refractivity contribution in [3.63, 3.8) is 0 Å². The van der Waals surface area contributed by atoms with Gasteiger partial charge in [0.15, 0.2) is 6.20 Å². The Morgan fingerprint density at radius 2 is 2.00 bits per heavy atom. The molecule has 0 spiro atoms. The Bertz CT molecular complexity index is 727. The molecule has 3 nitrogen and oxygen atoms in total. The van der Waals surface area contributed by atoms with Crippen LogP contribution in [0.15, 0.2) is 40.3 Å². The zero-order chi connectivity index (χ0) is 17.5. The molecular weight excluding hydrogens is 397 g/mol. The Labute approximate surface area is 158 Å². The van der Waals surface area contributed by atoms with E-state index in [0.29, 0.717) is 5.75 Å². The first-order valence-electron chi connectivity index (χ1n) is 6.13. The number of aromatic amines is 1. The lowest BCUT2D eigenvalue weighted by atomic mass is 10.2. The fourth-order valence-electron chi connectivity index (χ4n) is 1.56. The van der Waals surface area contributed by atoms with E-state index in [4.69, 9.17) is 41.2 Å². The number of H-pyrrole nitrogens is 1. The van der Waals surface area contributed by atoms with Gasteiger partial charge in [-0.2, -0.15) is 0 Å². The summed E-state index contributed by atoms with van der Waals surface area (Å²) in [6.07, 6.45) is 9.46. The molecule has 0 saturated heterocycles.